The molecule has 2 fully saturated rings. The van der Waals surface area contributed by atoms with Gasteiger partial charge in [0.15, 0.2) is 5.79 Å². The van der Waals surface area contributed by atoms with Crippen molar-refractivity contribution < 1.29 is 18.9 Å². The zero-order valence-corrected chi connectivity index (χ0v) is 15.1. The Bertz CT molecular complexity index is 499. The van der Waals surface area contributed by atoms with Gasteiger partial charge >= 0.3 is 0 Å². The van der Waals surface area contributed by atoms with Gasteiger partial charge in [0.05, 0.1) is 33.0 Å². The van der Waals surface area contributed by atoms with Crippen molar-refractivity contribution in [1.82, 2.24) is 0 Å². The normalized spacial score (nSPS) is 33.5. The first-order chi connectivity index (χ1) is 11.6. The van der Waals surface area contributed by atoms with Crippen LogP contribution in [-0.4, -0.2) is 32.2 Å². The van der Waals surface area contributed by atoms with Crippen LogP contribution in [-0.2, 0) is 20.8 Å². The van der Waals surface area contributed by atoms with Crippen molar-refractivity contribution >= 4 is 0 Å². The lowest BCUT2D eigenvalue weighted by Crippen LogP contribution is -2.50. The average Bonchev–Trinajstić information content (AvgIpc) is 2.61. The van der Waals surface area contributed by atoms with Crippen LogP contribution in [0.2, 0.25) is 0 Å². The molecule has 134 valence electrons. The highest BCUT2D eigenvalue weighted by Gasteiger charge is 2.43. The highest BCUT2D eigenvalue weighted by molar-refractivity contribution is 5.26. The highest BCUT2D eigenvalue weighted by Crippen LogP contribution is 2.40. The third-order valence-corrected chi connectivity index (χ3v) is 5.34. The predicted octanol–water partition coefficient (Wildman–Crippen LogP) is 4.17. The fourth-order valence-electron chi connectivity index (χ4n) is 3.50. The van der Waals surface area contributed by atoms with Crippen molar-refractivity contribution in [2.75, 3.05) is 20.3 Å². The summed E-state index contributed by atoms with van der Waals surface area (Å²) in [6.45, 7) is 6.52. The molecular weight excluding hydrogens is 304 g/mol. The van der Waals surface area contributed by atoms with Gasteiger partial charge in [0, 0.05) is 12.8 Å². The zero-order chi connectivity index (χ0) is 17.0. The standard InChI is InChI=1S/C20H30O4/c1-15-8-10-20(23-12-15)11-9-16(2)19(24-20)14-22-13-17-4-6-18(21-3)7-5-17/h4-7,15-16,19H,8-14H2,1-3H3/t15-,16-,19-,20+/m0/s1. The van der Waals surface area contributed by atoms with E-state index in [0.717, 1.165) is 37.2 Å². The molecule has 1 aromatic carbocycles. The Hall–Kier alpha value is -1.10. The van der Waals surface area contributed by atoms with Gasteiger partial charge in [-0.3, -0.25) is 0 Å². The van der Waals surface area contributed by atoms with Crippen LogP contribution in [0.25, 0.3) is 0 Å². The van der Waals surface area contributed by atoms with Crippen LogP contribution in [0.1, 0.15) is 45.1 Å². The lowest BCUT2D eigenvalue weighted by atomic mass is 9.87. The number of ether oxygens (including phenoxy) is 4. The fraction of sp³-hybridized carbons (Fsp3) is 0.700. The number of methoxy groups -OCH3 is 1. The van der Waals surface area contributed by atoms with Crippen LogP contribution in [0.4, 0.5) is 0 Å². The van der Waals surface area contributed by atoms with Crippen molar-refractivity contribution in [3.63, 3.8) is 0 Å². The molecule has 0 amide bonds. The summed E-state index contributed by atoms with van der Waals surface area (Å²) in [5.74, 6) is 1.67. The minimum atomic E-state index is -0.354. The van der Waals surface area contributed by atoms with Crippen LogP contribution >= 0.6 is 0 Å². The van der Waals surface area contributed by atoms with Gasteiger partial charge in [0.25, 0.3) is 0 Å². The van der Waals surface area contributed by atoms with Gasteiger partial charge < -0.3 is 18.9 Å². The van der Waals surface area contributed by atoms with E-state index in [1.54, 1.807) is 7.11 Å². The Morgan fingerprint density at radius 1 is 1.12 bits per heavy atom. The van der Waals surface area contributed by atoms with Gasteiger partial charge in [0.2, 0.25) is 0 Å². The van der Waals surface area contributed by atoms with E-state index in [0.29, 0.717) is 25.0 Å². The Kier molecular flexibility index (Phi) is 5.80. The molecule has 1 spiro atoms. The molecule has 2 heterocycles. The van der Waals surface area contributed by atoms with Crippen LogP contribution in [0.3, 0.4) is 0 Å². The van der Waals surface area contributed by atoms with Crippen molar-refractivity contribution in [1.29, 1.82) is 0 Å². The van der Waals surface area contributed by atoms with E-state index in [-0.39, 0.29) is 11.9 Å². The molecule has 3 rings (SSSR count). The summed E-state index contributed by atoms with van der Waals surface area (Å²) in [4.78, 5) is 0. The molecule has 2 aliphatic rings. The molecule has 4 nitrogen and oxygen atoms in total. The molecule has 24 heavy (non-hydrogen) atoms. The summed E-state index contributed by atoms with van der Waals surface area (Å²) >= 11 is 0. The first-order valence-corrected chi connectivity index (χ1v) is 9.13. The predicted molar refractivity (Wildman–Crippen MR) is 93.0 cm³/mol. The van der Waals surface area contributed by atoms with Gasteiger partial charge in [-0.2, -0.15) is 0 Å². The molecule has 4 heteroatoms. The minimum absolute atomic E-state index is 0.116. The molecule has 0 unspecified atom stereocenters. The number of benzene rings is 1. The summed E-state index contributed by atoms with van der Waals surface area (Å²) in [5, 5.41) is 0. The largest absolute Gasteiger partial charge is 0.497 e. The first kappa shape index (κ1) is 17.7. The van der Waals surface area contributed by atoms with Crippen LogP contribution < -0.4 is 4.74 Å². The van der Waals surface area contributed by atoms with Gasteiger partial charge in [0.1, 0.15) is 5.75 Å². The van der Waals surface area contributed by atoms with Crippen molar-refractivity contribution in [2.45, 2.75) is 58.0 Å². The topological polar surface area (TPSA) is 36.9 Å². The van der Waals surface area contributed by atoms with E-state index in [2.05, 4.69) is 13.8 Å². The smallest absolute Gasteiger partial charge is 0.168 e. The van der Waals surface area contributed by atoms with Gasteiger partial charge in [-0.25, -0.2) is 0 Å². The summed E-state index contributed by atoms with van der Waals surface area (Å²) in [6, 6.07) is 8.00. The fourth-order valence-corrected chi connectivity index (χ4v) is 3.50. The van der Waals surface area contributed by atoms with Gasteiger partial charge in [-0.1, -0.05) is 26.0 Å². The monoisotopic (exact) mass is 334 g/mol. The lowest BCUT2D eigenvalue weighted by molar-refractivity contribution is -0.316. The maximum Gasteiger partial charge on any atom is 0.168 e. The molecule has 0 bridgehead atoms. The molecule has 4 atom stereocenters. The van der Waals surface area contributed by atoms with E-state index in [4.69, 9.17) is 18.9 Å². The van der Waals surface area contributed by atoms with E-state index in [1.165, 1.54) is 6.42 Å². The van der Waals surface area contributed by atoms with Gasteiger partial charge in [-0.15, -0.1) is 0 Å². The Balaban J connectivity index is 1.49. The molecule has 2 saturated heterocycles. The number of rotatable bonds is 5. The quantitative estimate of drug-likeness (QED) is 0.810. The Morgan fingerprint density at radius 3 is 2.54 bits per heavy atom. The molecule has 1 aromatic rings. The van der Waals surface area contributed by atoms with E-state index >= 15 is 0 Å². The SMILES string of the molecule is COc1ccc(COC[C@@H]2O[C@]3(CC[C@H](C)CO3)CC[C@@H]2C)cc1. The molecule has 0 saturated carbocycles. The Labute approximate surface area is 145 Å². The van der Waals surface area contributed by atoms with Crippen molar-refractivity contribution in [2.24, 2.45) is 11.8 Å². The lowest BCUT2D eigenvalue weighted by Gasteiger charge is -2.46. The van der Waals surface area contributed by atoms with Crippen LogP contribution in [0, 0.1) is 11.8 Å². The molecule has 0 aromatic heterocycles. The molecule has 0 aliphatic carbocycles. The van der Waals surface area contributed by atoms with Crippen LogP contribution in [0.15, 0.2) is 24.3 Å². The number of hydrogen-bond donors (Lipinski definition) is 0. The minimum Gasteiger partial charge on any atom is -0.497 e. The molecule has 0 N–H and O–H groups in total. The molecule has 0 radical (unpaired) electrons. The van der Waals surface area contributed by atoms with Crippen LogP contribution in [0.5, 0.6) is 5.75 Å². The first-order valence-electron chi connectivity index (χ1n) is 9.13. The highest BCUT2D eigenvalue weighted by atomic mass is 16.7. The second-order valence-corrected chi connectivity index (χ2v) is 7.40. The van der Waals surface area contributed by atoms with E-state index in [9.17, 15) is 0 Å². The number of hydrogen-bond acceptors (Lipinski definition) is 4. The third-order valence-electron chi connectivity index (χ3n) is 5.34. The zero-order valence-electron chi connectivity index (χ0n) is 15.1. The van der Waals surface area contributed by atoms with Crippen molar-refractivity contribution in [3.8, 4) is 5.75 Å². The summed E-state index contributed by atoms with van der Waals surface area (Å²) < 4.78 is 23.6. The second kappa shape index (κ2) is 7.85. The third kappa shape index (κ3) is 4.29. The summed E-state index contributed by atoms with van der Waals surface area (Å²) in [6.07, 6.45) is 4.47. The molecular formula is C20H30O4. The second-order valence-electron chi connectivity index (χ2n) is 7.40. The maximum absolute atomic E-state index is 6.38. The Morgan fingerprint density at radius 2 is 1.88 bits per heavy atom. The summed E-state index contributed by atoms with van der Waals surface area (Å²) in [5.41, 5.74) is 1.15. The average molecular weight is 334 g/mol. The van der Waals surface area contributed by atoms with Gasteiger partial charge in [-0.05, 0) is 42.4 Å². The van der Waals surface area contributed by atoms with E-state index in [1.807, 2.05) is 24.3 Å². The summed E-state index contributed by atoms with van der Waals surface area (Å²) in [7, 11) is 1.68. The van der Waals surface area contributed by atoms with Crippen molar-refractivity contribution in [3.05, 3.63) is 29.8 Å². The maximum atomic E-state index is 6.38. The van der Waals surface area contributed by atoms with E-state index < -0.39 is 0 Å². The molecule has 2 aliphatic heterocycles.